The molecule has 162 valence electrons. The van der Waals surface area contributed by atoms with Crippen molar-refractivity contribution in [3.63, 3.8) is 0 Å². The largest absolute Gasteiger partial charge is 0.354 e. The molecule has 0 saturated heterocycles. The molecule has 5 nitrogen and oxygen atoms in total. The van der Waals surface area contributed by atoms with Crippen LogP contribution in [0.1, 0.15) is 24.0 Å². The first-order valence-electron chi connectivity index (χ1n) is 9.94. The van der Waals surface area contributed by atoms with E-state index in [0.29, 0.717) is 12.2 Å². The van der Waals surface area contributed by atoms with Gasteiger partial charge in [0.05, 0.1) is 10.6 Å². The van der Waals surface area contributed by atoms with Gasteiger partial charge < -0.3 is 5.32 Å². The molecule has 0 radical (unpaired) electrons. The van der Waals surface area contributed by atoms with Crippen molar-refractivity contribution in [2.24, 2.45) is 0 Å². The summed E-state index contributed by atoms with van der Waals surface area (Å²) in [6.07, 6.45) is 0. The van der Waals surface area contributed by atoms with Gasteiger partial charge in [-0.25, -0.2) is 12.8 Å². The van der Waals surface area contributed by atoms with Gasteiger partial charge in [-0.15, -0.1) is 0 Å². The normalized spacial score (nSPS) is 12.2. The van der Waals surface area contributed by atoms with Crippen LogP contribution in [0.2, 0.25) is 0 Å². The van der Waals surface area contributed by atoms with E-state index in [0.717, 1.165) is 27.6 Å². The number of benzene rings is 3. The van der Waals surface area contributed by atoms with Crippen LogP contribution in [-0.4, -0.2) is 27.4 Å². The Morgan fingerprint density at radius 3 is 2.19 bits per heavy atom. The van der Waals surface area contributed by atoms with Gasteiger partial charge in [0.1, 0.15) is 12.4 Å². The first-order chi connectivity index (χ1) is 14.8. The zero-order valence-electron chi connectivity index (χ0n) is 17.5. The molecule has 3 rings (SSSR count). The van der Waals surface area contributed by atoms with E-state index in [1.807, 2.05) is 44.2 Å². The molecule has 0 heterocycles. The SMILES string of the molecule is Cc1ccc(N(CC(=O)NC[C@H](C)c2ccccc2)S(=O)(=O)c2ccc(F)cc2)cc1. The Morgan fingerprint density at radius 1 is 0.968 bits per heavy atom. The lowest BCUT2D eigenvalue weighted by Crippen LogP contribution is -2.41. The summed E-state index contributed by atoms with van der Waals surface area (Å²) < 4.78 is 40.8. The molecule has 7 heteroatoms. The van der Waals surface area contributed by atoms with Crippen LogP contribution in [0.3, 0.4) is 0 Å². The third kappa shape index (κ3) is 5.70. The van der Waals surface area contributed by atoms with Gasteiger partial charge in [-0.05, 0) is 54.8 Å². The summed E-state index contributed by atoms with van der Waals surface area (Å²) in [7, 11) is -4.06. The van der Waals surface area contributed by atoms with Crippen LogP contribution in [0.15, 0.2) is 83.8 Å². The third-order valence-electron chi connectivity index (χ3n) is 4.98. The van der Waals surface area contributed by atoms with Gasteiger partial charge in [0.2, 0.25) is 5.91 Å². The number of halogens is 1. The molecule has 0 aromatic heterocycles. The number of nitrogens with zero attached hydrogens (tertiary/aromatic N) is 1. The molecule has 3 aromatic rings. The highest BCUT2D eigenvalue weighted by Gasteiger charge is 2.27. The molecule has 0 saturated carbocycles. The molecule has 0 aliphatic rings. The number of hydrogen-bond donors (Lipinski definition) is 1. The number of sulfonamides is 1. The smallest absolute Gasteiger partial charge is 0.264 e. The molecule has 0 aliphatic heterocycles. The summed E-state index contributed by atoms with van der Waals surface area (Å²) in [5.74, 6) is -0.880. The molecule has 0 spiro atoms. The molecule has 1 N–H and O–H groups in total. The van der Waals surface area contributed by atoms with Crippen molar-refractivity contribution in [1.82, 2.24) is 5.32 Å². The first-order valence-corrected chi connectivity index (χ1v) is 11.4. The van der Waals surface area contributed by atoms with Gasteiger partial charge >= 0.3 is 0 Å². The van der Waals surface area contributed by atoms with E-state index in [9.17, 15) is 17.6 Å². The van der Waals surface area contributed by atoms with Crippen LogP contribution in [0, 0.1) is 12.7 Å². The van der Waals surface area contributed by atoms with Gasteiger partial charge in [-0.2, -0.15) is 0 Å². The Kier molecular flexibility index (Phi) is 7.07. The van der Waals surface area contributed by atoms with Crippen LogP contribution in [0.5, 0.6) is 0 Å². The van der Waals surface area contributed by atoms with Crippen molar-refractivity contribution in [3.05, 3.63) is 95.8 Å². The lowest BCUT2D eigenvalue weighted by atomic mass is 10.0. The molecular weight excluding hydrogens is 415 g/mol. The van der Waals surface area contributed by atoms with Crippen molar-refractivity contribution in [3.8, 4) is 0 Å². The predicted molar refractivity (Wildman–Crippen MR) is 120 cm³/mol. The fourth-order valence-corrected chi connectivity index (χ4v) is 4.53. The van der Waals surface area contributed by atoms with Crippen LogP contribution in [0.25, 0.3) is 0 Å². The number of carbonyl (C=O) groups excluding carboxylic acids is 1. The van der Waals surface area contributed by atoms with E-state index in [2.05, 4.69) is 5.32 Å². The zero-order valence-corrected chi connectivity index (χ0v) is 18.3. The number of nitrogens with one attached hydrogen (secondary N) is 1. The van der Waals surface area contributed by atoms with Crippen LogP contribution in [-0.2, 0) is 14.8 Å². The number of hydrogen-bond acceptors (Lipinski definition) is 3. The Hall–Kier alpha value is -3.19. The molecule has 0 unspecified atom stereocenters. The predicted octanol–water partition coefficient (Wildman–Crippen LogP) is 4.25. The maximum Gasteiger partial charge on any atom is 0.264 e. The van der Waals surface area contributed by atoms with Crippen LogP contribution >= 0.6 is 0 Å². The van der Waals surface area contributed by atoms with Gasteiger partial charge in [0.25, 0.3) is 10.0 Å². The molecule has 31 heavy (non-hydrogen) atoms. The Bertz CT molecular complexity index is 1120. The minimum absolute atomic E-state index is 0.0756. The molecular formula is C24H25FN2O3S. The molecule has 1 amide bonds. The molecule has 0 fully saturated rings. The number of aryl methyl sites for hydroxylation is 1. The maximum absolute atomic E-state index is 13.3. The average Bonchev–Trinajstić information content (AvgIpc) is 2.77. The topological polar surface area (TPSA) is 66.5 Å². The summed E-state index contributed by atoms with van der Waals surface area (Å²) in [4.78, 5) is 12.6. The van der Waals surface area contributed by atoms with E-state index >= 15 is 0 Å². The van der Waals surface area contributed by atoms with E-state index in [-0.39, 0.29) is 17.4 Å². The quantitative estimate of drug-likeness (QED) is 0.570. The number of anilines is 1. The fourth-order valence-electron chi connectivity index (χ4n) is 3.11. The molecule has 0 aliphatic carbocycles. The van der Waals surface area contributed by atoms with E-state index in [1.54, 1.807) is 24.3 Å². The number of rotatable bonds is 8. The van der Waals surface area contributed by atoms with Crippen molar-refractivity contribution >= 4 is 21.6 Å². The monoisotopic (exact) mass is 440 g/mol. The molecule has 0 bridgehead atoms. The highest BCUT2D eigenvalue weighted by molar-refractivity contribution is 7.92. The second-order valence-electron chi connectivity index (χ2n) is 7.42. The fraction of sp³-hybridized carbons (Fsp3) is 0.208. The van der Waals surface area contributed by atoms with Crippen molar-refractivity contribution in [2.75, 3.05) is 17.4 Å². The average molecular weight is 441 g/mol. The minimum Gasteiger partial charge on any atom is -0.354 e. The molecule has 3 aromatic carbocycles. The third-order valence-corrected chi connectivity index (χ3v) is 6.77. The first kappa shape index (κ1) is 22.5. The second kappa shape index (κ2) is 9.75. The van der Waals surface area contributed by atoms with Gasteiger partial charge in [0.15, 0.2) is 0 Å². The summed E-state index contributed by atoms with van der Waals surface area (Å²) >= 11 is 0. The number of amides is 1. The second-order valence-corrected chi connectivity index (χ2v) is 9.28. The lowest BCUT2D eigenvalue weighted by Gasteiger charge is -2.24. The van der Waals surface area contributed by atoms with Crippen molar-refractivity contribution < 1.29 is 17.6 Å². The molecule has 1 atom stereocenters. The van der Waals surface area contributed by atoms with Crippen LogP contribution < -0.4 is 9.62 Å². The van der Waals surface area contributed by atoms with Gasteiger partial charge in [0, 0.05) is 6.54 Å². The zero-order chi connectivity index (χ0) is 22.4. The van der Waals surface area contributed by atoms with E-state index < -0.39 is 21.7 Å². The summed E-state index contributed by atoms with van der Waals surface area (Å²) in [6, 6.07) is 21.2. The summed E-state index contributed by atoms with van der Waals surface area (Å²) in [5, 5.41) is 2.82. The van der Waals surface area contributed by atoms with Crippen molar-refractivity contribution in [2.45, 2.75) is 24.7 Å². The highest BCUT2D eigenvalue weighted by atomic mass is 32.2. The van der Waals surface area contributed by atoms with Crippen LogP contribution in [0.4, 0.5) is 10.1 Å². The number of carbonyl (C=O) groups is 1. The highest BCUT2D eigenvalue weighted by Crippen LogP contribution is 2.24. The minimum atomic E-state index is -4.06. The maximum atomic E-state index is 13.3. The standard InChI is InChI=1S/C24H25FN2O3S/c1-18-8-12-22(13-9-18)27(31(29,30)23-14-10-21(25)11-15-23)17-24(28)26-16-19(2)20-6-4-3-5-7-20/h3-15,19H,16-17H2,1-2H3,(H,26,28)/t19-/m0/s1. The van der Waals surface area contributed by atoms with Crippen molar-refractivity contribution in [1.29, 1.82) is 0 Å². The van der Waals surface area contributed by atoms with Gasteiger partial charge in [-0.3, -0.25) is 9.10 Å². The Balaban J connectivity index is 1.80. The van der Waals surface area contributed by atoms with E-state index in [4.69, 9.17) is 0 Å². The van der Waals surface area contributed by atoms with Gasteiger partial charge in [-0.1, -0.05) is 55.0 Å². The Morgan fingerprint density at radius 2 is 1.58 bits per heavy atom. The Labute approximate surface area is 182 Å². The van der Waals surface area contributed by atoms with E-state index in [1.165, 1.54) is 12.1 Å². The summed E-state index contributed by atoms with van der Waals surface area (Å²) in [6.45, 7) is 3.87. The lowest BCUT2D eigenvalue weighted by molar-refractivity contribution is -0.119. The summed E-state index contributed by atoms with van der Waals surface area (Å²) in [5.41, 5.74) is 2.40.